The molecule has 3 nitrogen and oxygen atoms in total. The summed E-state index contributed by atoms with van der Waals surface area (Å²) in [7, 11) is 0. The normalized spacial score (nSPS) is 24.8. The molecule has 2 fully saturated rings. The fraction of sp³-hybridized carbons (Fsp3) is 1.00. The van der Waals surface area contributed by atoms with Gasteiger partial charge in [0.05, 0.1) is 6.61 Å². The number of nitrogens with one attached hydrogen (secondary N) is 1. The zero-order valence-electron chi connectivity index (χ0n) is 12.9. The van der Waals surface area contributed by atoms with Crippen molar-refractivity contribution in [2.75, 3.05) is 39.4 Å². The first kappa shape index (κ1) is 15.3. The van der Waals surface area contributed by atoms with Gasteiger partial charge in [0.15, 0.2) is 0 Å². The van der Waals surface area contributed by atoms with E-state index < -0.39 is 0 Å². The number of nitrogens with zero attached hydrogens (tertiary/aromatic N) is 1. The van der Waals surface area contributed by atoms with Crippen molar-refractivity contribution in [3.05, 3.63) is 0 Å². The molecule has 0 aromatic carbocycles. The van der Waals surface area contributed by atoms with Crippen molar-refractivity contribution in [2.45, 2.75) is 57.9 Å². The van der Waals surface area contributed by atoms with Gasteiger partial charge in [0.25, 0.3) is 0 Å². The van der Waals surface area contributed by atoms with Crippen molar-refractivity contribution >= 4 is 0 Å². The highest BCUT2D eigenvalue weighted by molar-refractivity contribution is 4.95. The Bertz CT molecular complexity index is 249. The summed E-state index contributed by atoms with van der Waals surface area (Å²) in [5.74, 6) is 0.649. The summed E-state index contributed by atoms with van der Waals surface area (Å²) in [6.45, 7) is 11.0. The second-order valence-corrected chi connectivity index (χ2v) is 6.87. The maximum absolute atomic E-state index is 5.75. The molecule has 3 heteroatoms. The summed E-state index contributed by atoms with van der Waals surface area (Å²) in [5.41, 5.74) is 0.423. The molecule has 0 aromatic heterocycles. The third-order valence-corrected chi connectivity index (χ3v) is 4.49. The van der Waals surface area contributed by atoms with E-state index in [1.54, 1.807) is 0 Å². The molecule has 1 saturated heterocycles. The molecule has 0 amide bonds. The Morgan fingerprint density at radius 2 is 1.95 bits per heavy atom. The summed E-state index contributed by atoms with van der Waals surface area (Å²) in [4.78, 5) is 2.63. The largest absolute Gasteiger partial charge is 0.380 e. The van der Waals surface area contributed by atoms with Gasteiger partial charge >= 0.3 is 0 Å². The van der Waals surface area contributed by atoms with Crippen molar-refractivity contribution in [2.24, 2.45) is 5.92 Å². The molecule has 0 bridgehead atoms. The van der Waals surface area contributed by atoms with Crippen molar-refractivity contribution in [1.82, 2.24) is 10.2 Å². The van der Waals surface area contributed by atoms with Gasteiger partial charge in [0.2, 0.25) is 0 Å². The highest BCUT2D eigenvalue weighted by Crippen LogP contribution is 2.30. The summed E-state index contributed by atoms with van der Waals surface area (Å²) < 4.78 is 5.75. The fourth-order valence-electron chi connectivity index (χ4n) is 3.49. The molecule has 0 unspecified atom stereocenters. The first-order valence-corrected chi connectivity index (χ1v) is 8.25. The lowest BCUT2D eigenvalue weighted by atomic mass is 9.81. The molecular formula is C16H32N2O. The summed E-state index contributed by atoms with van der Waals surface area (Å²) in [5, 5.41) is 3.85. The van der Waals surface area contributed by atoms with E-state index in [0.717, 1.165) is 19.8 Å². The van der Waals surface area contributed by atoms with Gasteiger partial charge in [-0.05, 0) is 38.3 Å². The second-order valence-electron chi connectivity index (χ2n) is 6.87. The first-order chi connectivity index (χ1) is 9.20. The summed E-state index contributed by atoms with van der Waals surface area (Å²) >= 11 is 0. The monoisotopic (exact) mass is 268 g/mol. The molecule has 0 atom stereocenters. The average molecular weight is 268 g/mol. The molecule has 0 radical (unpaired) electrons. The standard InChI is InChI=1S/C16H32N2O/c1-15(2)13-19-12-11-18-10-6-9-17-16(14-18)7-4-3-5-8-16/h15,17H,3-14H2,1-2H3. The van der Waals surface area contributed by atoms with Gasteiger partial charge in [0.1, 0.15) is 0 Å². The number of ether oxygens (including phenoxy) is 1. The smallest absolute Gasteiger partial charge is 0.0593 e. The van der Waals surface area contributed by atoms with Crippen molar-refractivity contribution in [3.63, 3.8) is 0 Å². The Balaban J connectivity index is 1.76. The van der Waals surface area contributed by atoms with Crippen LogP contribution in [0.25, 0.3) is 0 Å². The average Bonchev–Trinajstić information content (AvgIpc) is 2.58. The molecule has 1 aliphatic heterocycles. The van der Waals surface area contributed by atoms with Crippen LogP contribution in [-0.2, 0) is 4.74 Å². The molecular weight excluding hydrogens is 236 g/mol. The zero-order chi connectivity index (χ0) is 13.6. The lowest BCUT2D eigenvalue weighted by Crippen LogP contribution is -2.53. The highest BCUT2D eigenvalue weighted by Gasteiger charge is 2.34. The maximum atomic E-state index is 5.75. The minimum atomic E-state index is 0.423. The van der Waals surface area contributed by atoms with E-state index in [1.165, 1.54) is 58.2 Å². The molecule has 2 rings (SSSR count). The van der Waals surface area contributed by atoms with Gasteiger partial charge < -0.3 is 10.1 Å². The van der Waals surface area contributed by atoms with Gasteiger partial charge in [-0.15, -0.1) is 0 Å². The van der Waals surface area contributed by atoms with Crippen LogP contribution in [0.5, 0.6) is 0 Å². The molecule has 1 saturated carbocycles. The van der Waals surface area contributed by atoms with Crippen LogP contribution in [0.2, 0.25) is 0 Å². The van der Waals surface area contributed by atoms with Gasteiger partial charge in [-0.1, -0.05) is 33.1 Å². The number of hydrogen-bond acceptors (Lipinski definition) is 3. The Kier molecular flexibility index (Phi) is 6.11. The van der Waals surface area contributed by atoms with Gasteiger partial charge in [0, 0.05) is 25.2 Å². The van der Waals surface area contributed by atoms with Crippen LogP contribution in [0.3, 0.4) is 0 Å². The third-order valence-electron chi connectivity index (χ3n) is 4.49. The maximum Gasteiger partial charge on any atom is 0.0593 e. The fourth-order valence-corrected chi connectivity index (χ4v) is 3.49. The van der Waals surface area contributed by atoms with Crippen molar-refractivity contribution < 1.29 is 4.74 Å². The number of rotatable bonds is 5. The molecule has 19 heavy (non-hydrogen) atoms. The Morgan fingerprint density at radius 1 is 1.16 bits per heavy atom. The zero-order valence-corrected chi connectivity index (χ0v) is 12.9. The van der Waals surface area contributed by atoms with Gasteiger partial charge in [-0.25, -0.2) is 0 Å². The molecule has 2 aliphatic rings. The summed E-state index contributed by atoms with van der Waals surface area (Å²) in [6.07, 6.45) is 8.27. The van der Waals surface area contributed by atoms with E-state index in [2.05, 4.69) is 24.1 Å². The molecule has 1 N–H and O–H groups in total. The van der Waals surface area contributed by atoms with E-state index in [1.807, 2.05) is 0 Å². The van der Waals surface area contributed by atoms with Crippen molar-refractivity contribution in [3.8, 4) is 0 Å². The van der Waals surface area contributed by atoms with Crippen LogP contribution in [0, 0.1) is 5.92 Å². The highest BCUT2D eigenvalue weighted by atomic mass is 16.5. The minimum Gasteiger partial charge on any atom is -0.380 e. The summed E-state index contributed by atoms with van der Waals surface area (Å²) in [6, 6.07) is 0. The number of hydrogen-bond donors (Lipinski definition) is 1. The molecule has 1 spiro atoms. The molecule has 0 aromatic rings. The Hall–Kier alpha value is -0.120. The quantitative estimate of drug-likeness (QED) is 0.776. The third kappa shape index (κ3) is 5.05. The van der Waals surface area contributed by atoms with Crippen LogP contribution in [0.4, 0.5) is 0 Å². The topological polar surface area (TPSA) is 24.5 Å². The lowest BCUT2D eigenvalue weighted by Gasteiger charge is -2.40. The molecule has 1 aliphatic carbocycles. The predicted octanol–water partition coefficient (Wildman–Crippen LogP) is 2.66. The van der Waals surface area contributed by atoms with E-state index in [0.29, 0.717) is 11.5 Å². The molecule has 1 heterocycles. The first-order valence-electron chi connectivity index (χ1n) is 8.25. The van der Waals surface area contributed by atoms with Crippen LogP contribution in [-0.4, -0.2) is 49.8 Å². The second kappa shape index (κ2) is 7.61. The van der Waals surface area contributed by atoms with Crippen LogP contribution in [0.1, 0.15) is 52.4 Å². The Labute approximate surface area is 119 Å². The van der Waals surface area contributed by atoms with E-state index in [-0.39, 0.29) is 0 Å². The van der Waals surface area contributed by atoms with Crippen LogP contribution < -0.4 is 5.32 Å². The van der Waals surface area contributed by atoms with Gasteiger partial charge in [-0.2, -0.15) is 0 Å². The Morgan fingerprint density at radius 3 is 2.68 bits per heavy atom. The van der Waals surface area contributed by atoms with Crippen LogP contribution >= 0.6 is 0 Å². The predicted molar refractivity (Wildman–Crippen MR) is 80.5 cm³/mol. The van der Waals surface area contributed by atoms with E-state index in [9.17, 15) is 0 Å². The van der Waals surface area contributed by atoms with Crippen molar-refractivity contribution in [1.29, 1.82) is 0 Å². The van der Waals surface area contributed by atoms with Crippen LogP contribution in [0.15, 0.2) is 0 Å². The SMILES string of the molecule is CC(C)COCCN1CCCNC2(CCCCC2)C1. The molecule has 112 valence electrons. The lowest BCUT2D eigenvalue weighted by molar-refractivity contribution is 0.0752. The van der Waals surface area contributed by atoms with E-state index >= 15 is 0 Å². The van der Waals surface area contributed by atoms with Gasteiger partial charge in [-0.3, -0.25) is 4.90 Å². The van der Waals surface area contributed by atoms with E-state index in [4.69, 9.17) is 4.74 Å². The minimum absolute atomic E-state index is 0.423.